The van der Waals surface area contributed by atoms with Crippen molar-refractivity contribution in [2.24, 2.45) is 0 Å². The van der Waals surface area contributed by atoms with Gasteiger partial charge < -0.3 is 5.32 Å². The Bertz CT molecular complexity index is 620. The minimum Gasteiger partial charge on any atom is -0.309 e. The third-order valence-electron chi connectivity index (χ3n) is 3.10. The maximum atomic E-state index is 14.0. The number of hydrogen-bond acceptors (Lipinski definition) is 1. The Morgan fingerprint density at radius 2 is 1.45 bits per heavy atom. The van der Waals surface area contributed by atoms with E-state index in [9.17, 15) is 17.6 Å². The molecule has 0 aliphatic rings. The second-order valence-corrected chi connectivity index (χ2v) is 4.55. The Morgan fingerprint density at radius 1 is 0.850 bits per heavy atom. The van der Waals surface area contributed by atoms with E-state index in [1.807, 2.05) is 0 Å². The molecule has 0 aromatic heterocycles. The van der Waals surface area contributed by atoms with Gasteiger partial charge in [0.05, 0.1) is 6.04 Å². The lowest BCUT2D eigenvalue weighted by Gasteiger charge is -2.19. The molecule has 2 aromatic rings. The van der Waals surface area contributed by atoms with Crippen molar-refractivity contribution in [3.05, 3.63) is 70.3 Å². The lowest BCUT2D eigenvalue weighted by molar-refractivity contribution is 0.544. The van der Waals surface area contributed by atoms with E-state index >= 15 is 0 Å². The molecule has 0 radical (unpaired) electrons. The van der Waals surface area contributed by atoms with Crippen LogP contribution in [-0.2, 0) is 0 Å². The topological polar surface area (TPSA) is 12.0 Å². The molecule has 0 bridgehead atoms. The maximum absolute atomic E-state index is 14.0. The molecule has 1 N–H and O–H groups in total. The lowest BCUT2D eigenvalue weighted by atomic mass is 9.97. The van der Waals surface area contributed by atoms with Crippen LogP contribution < -0.4 is 5.32 Å². The van der Waals surface area contributed by atoms with Gasteiger partial charge in [0.2, 0.25) is 0 Å². The first-order valence-corrected chi connectivity index (χ1v) is 6.01. The zero-order valence-corrected chi connectivity index (χ0v) is 11.0. The highest BCUT2D eigenvalue weighted by molar-refractivity contribution is 5.35. The zero-order chi connectivity index (χ0) is 14.9. The van der Waals surface area contributed by atoms with Crippen molar-refractivity contribution in [3.63, 3.8) is 0 Å². The van der Waals surface area contributed by atoms with E-state index in [4.69, 9.17) is 0 Å². The van der Waals surface area contributed by atoms with Gasteiger partial charge in [-0.15, -0.1) is 0 Å². The van der Waals surface area contributed by atoms with Crippen LogP contribution in [0.15, 0.2) is 30.3 Å². The molecule has 0 saturated heterocycles. The van der Waals surface area contributed by atoms with Gasteiger partial charge in [0.15, 0.2) is 0 Å². The molecule has 106 valence electrons. The second-order valence-electron chi connectivity index (χ2n) is 4.55. The van der Waals surface area contributed by atoms with E-state index < -0.39 is 29.3 Å². The van der Waals surface area contributed by atoms with Gasteiger partial charge in [-0.2, -0.15) is 0 Å². The van der Waals surface area contributed by atoms with Crippen LogP contribution in [0.5, 0.6) is 0 Å². The van der Waals surface area contributed by atoms with E-state index in [0.717, 1.165) is 30.3 Å². The number of rotatable bonds is 3. The van der Waals surface area contributed by atoms with Gasteiger partial charge in [-0.25, -0.2) is 17.6 Å². The first-order chi connectivity index (χ1) is 9.42. The molecule has 0 aliphatic heterocycles. The first-order valence-electron chi connectivity index (χ1n) is 6.01. The van der Waals surface area contributed by atoms with Crippen molar-refractivity contribution in [2.75, 3.05) is 7.05 Å². The Hall–Kier alpha value is -1.88. The van der Waals surface area contributed by atoms with Gasteiger partial charge in [0.25, 0.3) is 0 Å². The van der Waals surface area contributed by atoms with Crippen LogP contribution in [0.3, 0.4) is 0 Å². The fourth-order valence-electron chi connectivity index (χ4n) is 2.13. The fraction of sp³-hybridized carbons (Fsp3) is 0.200. The van der Waals surface area contributed by atoms with Crippen LogP contribution in [0.2, 0.25) is 0 Å². The van der Waals surface area contributed by atoms with Crippen LogP contribution in [0.1, 0.15) is 22.7 Å². The van der Waals surface area contributed by atoms with Crippen LogP contribution in [0, 0.1) is 30.2 Å². The standard InChI is InChI=1S/C15H13F4N/c1-8-3-14(19)12(7-13(8)18)15(20-2)9-4-10(16)6-11(17)5-9/h3-7,15,20H,1-2H3. The average Bonchev–Trinajstić information content (AvgIpc) is 2.35. The van der Waals surface area contributed by atoms with Crippen molar-refractivity contribution in [1.29, 1.82) is 0 Å². The number of aryl methyl sites for hydroxylation is 1. The molecule has 0 heterocycles. The number of hydrogen-bond donors (Lipinski definition) is 1. The summed E-state index contributed by atoms with van der Waals surface area (Å²) in [6.07, 6.45) is 0. The van der Waals surface area contributed by atoms with E-state index in [1.54, 1.807) is 0 Å². The Labute approximate surface area is 114 Å². The molecule has 0 amide bonds. The molecule has 20 heavy (non-hydrogen) atoms. The molecular formula is C15H13F4N. The molecule has 0 spiro atoms. The summed E-state index contributed by atoms with van der Waals surface area (Å²) < 4.78 is 54.0. The summed E-state index contributed by atoms with van der Waals surface area (Å²) in [5.74, 6) is -2.74. The van der Waals surface area contributed by atoms with Gasteiger partial charge in [-0.3, -0.25) is 0 Å². The third-order valence-corrected chi connectivity index (χ3v) is 3.10. The molecular weight excluding hydrogens is 270 g/mol. The van der Waals surface area contributed by atoms with Crippen molar-refractivity contribution < 1.29 is 17.6 Å². The Balaban J connectivity index is 2.55. The molecule has 0 aliphatic carbocycles. The maximum Gasteiger partial charge on any atom is 0.128 e. The highest BCUT2D eigenvalue weighted by atomic mass is 19.1. The van der Waals surface area contributed by atoms with Gasteiger partial charge in [0, 0.05) is 11.6 Å². The van der Waals surface area contributed by atoms with Crippen LogP contribution in [-0.4, -0.2) is 7.05 Å². The molecule has 1 unspecified atom stereocenters. The largest absolute Gasteiger partial charge is 0.309 e. The smallest absolute Gasteiger partial charge is 0.128 e. The monoisotopic (exact) mass is 283 g/mol. The molecule has 5 heteroatoms. The number of nitrogens with one attached hydrogen (secondary N) is 1. The molecule has 2 aromatic carbocycles. The Kier molecular flexibility index (Phi) is 4.09. The van der Waals surface area contributed by atoms with Gasteiger partial charge in [-0.1, -0.05) is 0 Å². The molecule has 0 fully saturated rings. The minimum atomic E-state index is -0.838. The van der Waals surface area contributed by atoms with Crippen molar-refractivity contribution in [1.82, 2.24) is 5.32 Å². The van der Waals surface area contributed by atoms with Crippen LogP contribution in [0.4, 0.5) is 17.6 Å². The van der Waals surface area contributed by atoms with Crippen molar-refractivity contribution >= 4 is 0 Å². The fourth-order valence-corrected chi connectivity index (χ4v) is 2.13. The van der Waals surface area contributed by atoms with E-state index in [1.165, 1.54) is 14.0 Å². The van der Waals surface area contributed by atoms with Crippen molar-refractivity contribution in [2.45, 2.75) is 13.0 Å². The van der Waals surface area contributed by atoms with Crippen LogP contribution >= 0.6 is 0 Å². The highest BCUT2D eigenvalue weighted by Crippen LogP contribution is 2.27. The summed E-state index contributed by atoms with van der Waals surface area (Å²) in [4.78, 5) is 0. The number of benzene rings is 2. The summed E-state index contributed by atoms with van der Waals surface area (Å²) in [5, 5.41) is 2.74. The minimum absolute atomic E-state index is 0.000556. The predicted molar refractivity (Wildman–Crippen MR) is 68.4 cm³/mol. The van der Waals surface area contributed by atoms with Gasteiger partial charge in [-0.05, 0) is 49.4 Å². The van der Waals surface area contributed by atoms with Gasteiger partial charge in [0.1, 0.15) is 23.3 Å². The number of halogens is 4. The molecule has 1 atom stereocenters. The van der Waals surface area contributed by atoms with Crippen LogP contribution in [0.25, 0.3) is 0 Å². The normalized spacial score (nSPS) is 12.5. The molecule has 2 rings (SSSR count). The van der Waals surface area contributed by atoms with E-state index in [-0.39, 0.29) is 16.7 Å². The zero-order valence-electron chi connectivity index (χ0n) is 11.0. The Morgan fingerprint density at radius 3 is 2.00 bits per heavy atom. The predicted octanol–water partition coefficient (Wildman–Crippen LogP) is 3.86. The summed E-state index contributed by atoms with van der Waals surface area (Å²) >= 11 is 0. The van der Waals surface area contributed by atoms with Gasteiger partial charge >= 0.3 is 0 Å². The van der Waals surface area contributed by atoms with E-state index in [2.05, 4.69) is 5.32 Å². The third kappa shape index (κ3) is 2.82. The molecule has 1 nitrogen and oxygen atoms in total. The average molecular weight is 283 g/mol. The highest BCUT2D eigenvalue weighted by Gasteiger charge is 2.19. The molecule has 0 saturated carbocycles. The summed E-state index contributed by atoms with van der Waals surface area (Å²) in [6.45, 7) is 1.44. The van der Waals surface area contributed by atoms with E-state index in [0.29, 0.717) is 0 Å². The second kappa shape index (κ2) is 5.63. The quantitative estimate of drug-likeness (QED) is 0.843. The van der Waals surface area contributed by atoms with Crippen molar-refractivity contribution in [3.8, 4) is 0 Å². The summed E-state index contributed by atoms with van der Waals surface area (Å²) in [6, 6.07) is 4.15. The SMILES string of the molecule is CNC(c1cc(F)cc(F)c1)c1cc(F)c(C)cc1F. The first kappa shape index (κ1) is 14.5. The lowest BCUT2D eigenvalue weighted by Crippen LogP contribution is -2.20. The summed E-state index contributed by atoms with van der Waals surface area (Å²) in [7, 11) is 1.50. The summed E-state index contributed by atoms with van der Waals surface area (Å²) in [5.41, 5.74) is 0.360.